The van der Waals surface area contributed by atoms with Gasteiger partial charge in [0.2, 0.25) is 0 Å². The van der Waals surface area contributed by atoms with Crippen molar-refractivity contribution in [2.45, 2.75) is 20.3 Å². The summed E-state index contributed by atoms with van der Waals surface area (Å²) in [6.45, 7) is 3.88. The van der Waals surface area contributed by atoms with Gasteiger partial charge in [-0.05, 0) is 19.9 Å². The van der Waals surface area contributed by atoms with E-state index in [0.29, 0.717) is 11.6 Å². The highest BCUT2D eigenvalue weighted by Gasteiger charge is 2.05. The first-order chi connectivity index (χ1) is 7.13. The van der Waals surface area contributed by atoms with Gasteiger partial charge in [-0.2, -0.15) is 0 Å². The highest BCUT2D eigenvalue weighted by molar-refractivity contribution is 7.09. The van der Waals surface area contributed by atoms with Crippen LogP contribution in [-0.4, -0.2) is 15.0 Å². The molecule has 2 aromatic rings. The number of rotatable bonds is 2. The third-order valence-electron chi connectivity index (χ3n) is 1.85. The first kappa shape index (κ1) is 10.5. The summed E-state index contributed by atoms with van der Waals surface area (Å²) < 4.78 is 0. The molecule has 0 saturated carbocycles. The van der Waals surface area contributed by atoms with Crippen LogP contribution >= 0.6 is 22.9 Å². The maximum atomic E-state index is 5.85. The fourth-order valence-electron chi connectivity index (χ4n) is 1.29. The van der Waals surface area contributed by atoms with E-state index in [1.165, 1.54) is 0 Å². The topological polar surface area (TPSA) is 38.7 Å². The summed E-state index contributed by atoms with van der Waals surface area (Å²) in [6, 6.07) is 1.75. The standard InChI is InChI=1S/C10H10ClN3S/c1-6-3-8(11)14-9(12-6)4-10-13-7(2)5-15-10/h3,5H,4H2,1-2H3. The lowest BCUT2D eigenvalue weighted by atomic mass is 10.4. The van der Waals surface area contributed by atoms with Crippen molar-refractivity contribution in [3.05, 3.63) is 38.8 Å². The zero-order valence-electron chi connectivity index (χ0n) is 8.49. The Hall–Kier alpha value is -1.00. The minimum absolute atomic E-state index is 0.491. The molecule has 2 aromatic heterocycles. The van der Waals surface area contributed by atoms with Gasteiger partial charge in [0.15, 0.2) is 0 Å². The van der Waals surface area contributed by atoms with Crippen LogP contribution in [-0.2, 0) is 6.42 Å². The van der Waals surface area contributed by atoms with E-state index < -0.39 is 0 Å². The lowest BCUT2D eigenvalue weighted by molar-refractivity contribution is 0.930. The summed E-state index contributed by atoms with van der Waals surface area (Å²) in [5, 5.41) is 3.53. The van der Waals surface area contributed by atoms with Crippen molar-refractivity contribution >= 4 is 22.9 Å². The van der Waals surface area contributed by atoms with Gasteiger partial charge in [0.05, 0.1) is 6.42 Å². The molecule has 5 heteroatoms. The molecule has 0 bridgehead atoms. The molecule has 0 amide bonds. The molecule has 0 aliphatic rings. The molecule has 2 rings (SSSR count). The molecule has 78 valence electrons. The van der Waals surface area contributed by atoms with Crippen LogP contribution in [0.4, 0.5) is 0 Å². The Morgan fingerprint density at radius 1 is 1.20 bits per heavy atom. The fraction of sp³-hybridized carbons (Fsp3) is 0.300. The minimum atomic E-state index is 0.491. The van der Waals surface area contributed by atoms with E-state index in [4.69, 9.17) is 11.6 Å². The van der Waals surface area contributed by atoms with Crippen LogP contribution < -0.4 is 0 Å². The first-order valence-electron chi connectivity index (χ1n) is 4.54. The van der Waals surface area contributed by atoms with Gasteiger partial charge in [0.1, 0.15) is 16.0 Å². The van der Waals surface area contributed by atoms with Crippen LogP contribution in [0.1, 0.15) is 22.2 Å². The van der Waals surface area contributed by atoms with Crippen molar-refractivity contribution in [1.29, 1.82) is 0 Å². The molecule has 0 radical (unpaired) electrons. The normalized spacial score (nSPS) is 10.6. The summed E-state index contributed by atoms with van der Waals surface area (Å²) in [4.78, 5) is 12.8. The van der Waals surface area contributed by atoms with Gasteiger partial charge in [0.25, 0.3) is 0 Å². The highest BCUT2D eigenvalue weighted by Crippen LogP contribution is 2.14. The molecular formula is C10H10ClN3S. The van der Waals surface area contributed by atoms with Gasteiger partial charge >= 0.3 is 0 Å². The maximum Gasteiger partial charge on any atom is 0.137 e. The molecule has 0 atom stereocenters. The molecule has 0 saturated heterocycles. The number of hydrogen-bond donors (Lipinski definition) is 0. The fourth-order valence-corrected chi connectivity index (χ4v) is 2.31. The van der Waals surface area contributed by atoms with Gasteiger partial charge in [0, 0.05) is 16.8 Å². The molecule has 0 aromatic carbocycles. The molecular weight excluding hydrogens is 230 g/mol. The highest BCUT2D eigenvalue weighted by atomic mass is 35.5. The van der Waals surface area contributed by atoms with E-state index in [9.17, 15) is 0 Å². The largest absolute Gasteiger partial charge is 0.246 e. The lowest BCUT2D eigenvalue weighted by Gasteiger charge is -1.99. The number of hydrogen-bond acceptors (Lipinski definition) is 4. The van der Waals surface area contributed by atoms with Gasteiger partial charge in [-0.25, -0.2) is 15.0 Å². The van der Waals surface area contributed by atoms with Gasteiger partial charge in [-0.1, -0.05) is 11.6 Å². The minimum Gasteiger partial charge on any atom is -0.246 e. The smallest absolute Gasteiger partial charge is 0.137 e. The van der Waals surface area contributed by atoms with E-state index in [1.807, 2.05) is 19.2 Å². The zero-order chi connectivity index (χ0) is 10.8. The summed E-state index contributed by atoms with van der Waals surface area (Å²) >= 11 is 7.48. The van der Waals surface area contributed by atoms with Crippen molar-refractivity contribution in [3.63, 3.8) is 0 Å². The summed E-state index contributed by atoms with van der Waals surface area (Å²) in [6.07, 6.45) is 0.653. The Balaban J connectivity index is 2.24. The molecule has 0 aliphatic heterocycles. The van der Waals surface area contributed by atoms with Gasteiger partial charge < -0.3 is 0 Å². The Kier molecular flexibility index (Phi) is 2.98. The molecule has 2 heterocycles. The van der Waals surface area contributed by atoms with Crippen LogP contribution in [0.3, 0.4) is 0 Å². The number of thiazole rings is 1. The third-order valence-corrected chi connectivity index (χ3v) is 3.01. The van der Waals surface area contributed by atoms with E-state index >= 15 is 0 Å². The predicted molar refractivity (Wildman–Crippen MR) is 61.4 cm³/mol. The quantitative estimate of drug-likeness (QED) is 0.757. The van der Waals surface area contributed by atoms with Crippen LogP contribution in [0.5, 0.6) is 0 Å². The molecule has 0 aliphatic carbocycles. The van der Waals surface area contributed by atoms with Crippen molar-refractivity contribution in [3.8, 4) is 0 Å². The van der Waals surface area contributed by atoms with Crippen molar-refractivity contribution in [1.82, 2.24) is 15.0 Å². The van der Waals surface area contributed by atoms with Crippen LogP contribution in [0.25, 0.3) is 0 Å². The molecule has 3 nitrogen and oxygen atoms in total. The first-order valence-corrected chi connectivity index (χ1v) is 5.80. The molecule has 0 unspecified atom stereocenters. The Morgan fingerprint density at radius 3 is 2.60 bits per heavy atom. The second-order valence-electron chi connectivity index (χ2n) is 3.31. The van der Waals surface area contributed by atoms with E-state index in [-0.39, 0.29) is 0 Å². The maximum absolute atomic E-state index is 5.85. The van der Waals surface area contributed by atoms with Gasteiger partial charge in [-0.3, -0.25) is 0 Å². The van der Waals surface area contributed by atoms with Gasteiger partial charge in [-0.15, -0.1) is 11.3 Å². The molecule has 0 spiro atoms. The number of aryl methyl sites for hydroxylation is 2. The average molecular weight is 240 g/mol. The Morgan fingerprint density at radius 2 is 2.00 bits per heavy atom. The second-order valence-corrected chi connectivity index (χ2v) is 4.64. The predicted octanol–water partition coefficient (Wildman–Crippen LogP) is 2.79. The number of nitrogens with zero attached hydrogens (tertiary/aromatic N) is 3. The third kappa shape index (κ3) is 2.73. The zero-order valence-corrected chi connectivity index (χ0v) is 10.1. The Bertz CT molecular complexity index is 461. The van der Waals surface area contributed by atoms with Crippen molar-refractivity contribution < 1.29 is 0 Å². The van der Waals surface area contributed by atoms with E-state index in [1.54, 1.807) is 17.4 Å². The summed E-state index contributed by atoms with van der Waals surface area (Å²) in [7, 11) is 0. The van der Waals surface area contributed by atoms with E-state index in [0.717, 1.165) is 22.2 Å². The van der Waals surface area contributed by atoms with E-state index in [2.05, 4.69) is 15.0 Å². The summed E-state index contributed by atoms with van der Waals surface area (Å²) in [5.41, 5.74) is 1.92. The van der Waals surface area contributed by atoms with Crippen LogP contribution in [0.15, 0.2) is 11.4 Å². The second kappa shape index (κ2) is 4.24. The Labute approximate surface area is 97.2 Å². The molecule has 0 N–H and O–H groups in total. The number of halogens is 1. The molecule has 15 heavy (non-hydrogen) atoms. The monoisotopic (exact) mass is 239 g/mol. The summed E-state index contributed by atoms with van der Waals surface area (Å²) in [5.74, 6) is 0.731. The molecule has 0 fully saturated rings. The SMILES string of the molecule is Cc1cc(Cl)nc(Cc2nc(C)cs2)n1. The average Bonchev–Trinajstić information content (AvgIpc) is 2.49. The lowest BCUT2D eigenvalue weighted by Crippen LogP contribution is -1.98. The van der Waals surface area contributed by atoms with Crippen molar-refractivity contribution in [2.75, 3.05) is 0 Å². The van der Waals surface area contributed by atoms with Crippen LogP contribution in [0, 0.1) is 13.8 Å². The number of aromatic nitrogens is 3. The van der Waals surface area contributed by atoms with Crippen molar-refractivity contribution in [2.24, 2.45) is 0 Å². The van der Waals surface area contributed by atoms with Crippen LogP contribution in [0.2, 0.25) is 5.15 Å².